The van der Waals surface area contributed by atoms with Crippen molar-refractivity contribution in [1.82, 2.24) is 10.2 Å². The van der Waals surface area contributed by atoms with Crippen molar-refractivity contribution in [1.29, 1.82) is 0 Å². The zero-order valence-electron chi connectivity index (χ0n) is 18.2. The van der Waals surface area contributed by atoms with E-state index >= 15 is 0 Å². The van der Waals surface area contributed by atoms with Gasteiger partial charge in [-0.15, -0.1) is 24.0 Å². The van der Waals surface area contributed by atoms with Crippen molar-refractivity contribution in [2.45, 2.75) is 25.8 Å². The van der Waals surface area contributed by atoms with E-state index < -0.39 is 0 Å². The zero-order chi connectivity index (χ0) is 20.6. The first-order valence-electron chi connectivity index (χ1n) is 10.1. The molecule has 0 aromatic heterocycles. The van der Waals surface area contributed by atoms with Crippen LogP contribution in [0, 0.1) is 0 Å². The van der Waals surface area contributed by atoms with Crippen molar-refractivity contribution in [3.8, 4) is 17.2 Å². The number of nitrogens with zero attached hydrogens (tertiary/aromatic N) is 2. The fraction of sp³-hybridized carbons (Fsp3) is 0.435. The molecule has 30 heavy (non-hydrogen) atoms. The predicted molar refractivity (Wildman–Crippen MR) is 132 cm³/mol. The second-order valence-electron chi connectivity index (χ2n) is 7.05. The molecule has 0 spiro atoms. The number of rotatable bonds is 7. The maximum atomic E-state index is 5.46. The topological polar surface area (TPSA) is 55.3 Å². The highest BCUT2D eigenvalue weighted by Crippen LogP contribution is 2.38. The van der Waals surface area contributed by atoms with Crippen LogP contribution in [0.5, 0.6) is 17.2 Å². The highest BCUT2D eigenvalue weighted by Gasteiger charge is 2.26. The van der Waals surface area contributed by atoms with Crippen molar-refractivity contribution in [3.63, 3.8) is 0 Å². The highest BCUT2D eigenvalue weighted by molar-refractivity contribution is 14.0. The van der Waals surface area contributed by atoms with Crippen LogP contribution in [0.2, 0.25) is 0 Å². The maximum absolute atomic E-state index is 5.46. The first-order chi connectivity index (χ1) is 14.2. The summed E-state index contributed by atoms with van der Waals surface area (Å²) in [4.78, 5) is 7.23. The Bertz CT molecular complexity index is 805. The number of aliphatic imine (C=N–C) groups is 1. The average Bonchev–Trinajstić information content (AvgIpc) is 3.26. The van der Waals surface area contributed by atoms with Gasteiger partial charge in [0.2, 0.25) is 5.75 Å². The molecule has 0 bridgehead atoms. The Hall–Kier alpha value is -2.16. The molecule has 0 saturated carbocycles. The second kappa shape index (κ2) is 11.9. The van der Waals surface area contributed by atoms with Gasteiger partial charge >= 0.3 is 0 Å². The quantitative estimate of drug-likeness (QED) is 0.332. The number of likely N-dealkylation sites (tertiary alicyclic amines) is 1. The number of hydrogen-bond donors (Lipinski definition) is 1. The number of ether oxygens (including phenoxy) is 3. The minimum atomic E-state index is 0. The van der Waals surface area contributed by atoms with Crippen molar-refractivity contribution in [3.05, 3.63) is 53.6 Å². The van der Waals surface area contributed by atoms with Gasteiger partial charge in [0.15, 0.2) is 17.5 Å². The molecule has 0 radical (unpaired) electrons. The van der Waals surface area contributed by atoms with Crippen LogP contribution in [-0.2, 0) is 6.54 Å². The smallest absolute Gasteiger partial charge is 0.203 e. The molecule has 1 saturated heterocycles. The van der Waals surface area contributed by atoms with Gasteiger partial charge in [0.25, 0.3) is 0 Å². The van der Waals surface area contributed by atoms with Crippen molar-refractivity contribution in [2.24, 2.45) is 4.99 Å². The minimum Gasteiger partial charge on any atom is -0.493 e. The third-order valence-electron chi connectivity index (χ3n) is 5.23. The molecule has 164 valence electrons. The van der Waals surface area contributed by atoms with E-state index in [0.717, 1.165) is 37.6 Å². The molecule has 1 N–H and O–H groups in total. The van der Waals surface area contributed by atoms with Crippen LogP contribution in [0.1, 0.15) is 30.4 Å². The number of methoxy groups -OCH3 is 3. The van der Waals surface area contributed by atoms with Crippen molar-refractivity contribution < 1.29 is 14.2 Å². The van der Waals surface area contributed by atoms with Gasteiger partial charge in [-0.25, -0.2) is 4.99 Å². The number of guanidine groups is 1. The molecule has 0 aliphatic carbocycles. The van der Waals surface area contributed by atoms with Gasteiger partial charge < -0.3 is 24.4 Å². The molecule has 2 aromatic carbocycles. The largest absolute Gasteiger partial charge is 0.493 e. The molecular formula is C23H32IN3O3. The first kappa shape index (κ1) is 24.1. The summed E-state index contributed by atoms with van der Waals surface area (Å²) in [5.41, 5.74) is 2.41. The van der Waals surface area contributed by atoms with Gasteiger partial charge in [0.1, 0.15) is 0 Å². The summed E-state index contributed by atoms with van der Waals surface area (Å²) in [6, 6.07) is 14.6. The summed E-state index contributed by atoms with van der Waals surface area (Å²) in [6.45, 7) is 5.44. The van der Waals surface area contributed by atoms with Crippen LogP contribution in [0.3, 0.4) is 0 Å². The van der Waals surface area contributed by atoms with E-state index in [1.807, 2.05) is 12.1 Å². The molecule has 1 aliphatic heterocycles. The van der Waals surface area contributed by atoms with Gasteiger partial charge in [0.05, 0.1) is 27.9 Å². The Morgan fingerprint density at radius 1 is 1.07 bits per heavy atom. The lowest BCUT2D eigenvalue weighted by Crippen LogP contribution is -2.40. The SMILES string of the molecule is CCNC(=NCc1cc(OC)c(OC)c(OC)c1)N1CCC(c2ccccc2)C1.I. The maximum Gasteiger partial charge on any atom is 0.203 e. The monoisotopic (exact) mass is 525 g/mol. The highest BCUT2D eigenvalue weighted by atomic mass is 127. The number of halogens is 1. The lowest BCUT2D eigenvalue weighted by molar-refractivity contribution is 0.324. The normalized spacial score (nSPS) is 16.1. The van der Waals surface area contributed by atoms with E-state index in [4.69, 9.17) is 19.2 Å². The van der Waals surface area contributed by atoms with Gasteiger partial charge in [-0.05, 0) is 36.6 Å². The van der Waals surface area contributed by atoms with Gasteiger partial charge in [0, 0.05) is 25.6 Å². The Balaban J connectivity index is 0.00000320. The first-order valence-corrected chi connectivity index (χ1v) is 10.1. The predicted octanol–water partition coefficient (Wildman–Crippen LogP) is 4.29. The molecular weight excluding hydrogens is 493 g/mol. The standard InChI is InChI=1S/C23H31N3O3.HI/c1-5-24-23(26-12-11-19(16-26)18-9-7-6-8-10-18)25-15-17-13-20(27-2)22(29-4)21(14-17)28-3;/h6-10,13-14,19H,5,11-12,15-16H2,1-4H3,(H,24,25);1H. The van der Waals surface area contributed by atoms with E-state index in [1.54, 1.807) is 21.3 Å². The summed E-state index contributed by atoms with van der Waals surface area (Å²) >= 11 is 0. The van der Waals surface area contributed by atoms with E-state index in [1.165, 1.54) is 5.56 Å². The van der Waals surface area contributed by atoms with Crippen LogP contribution in [0.4, 0.5) is 0 Å². The number of nitrogens with one attached hydrogen (secondary N) is 1. The number of benzene rings is 2. The summed E-state index contributed by atoms with van der Waals surface area (Å²) in [7, 11) is 4.86. The lowest BCUT2D eigenvalue weighted by Gasteiger charge is -2.22. The Morgan fingerprint density at radius 2 is 1.73 bits per heavy atom. The minimum absolute atomic E-state index is 0. The molecule has 6 nitrogen and oxygen atoms in total. The third kappa shape index (κ3) is 5.71. The van der Waals surface area contributed by atoms with Crippen LogP contribution in [0.15, 0.2) is 47.5 Å². The van der Waals surface area contributed by atoms with Crippen molar-refractivity contribution in [2.75, 3.05) is 41.0 Å². The molecule has 7 heteroatoms. The second-order valence-corrected chi connectivity index (χ2v) is 7.05. The fourth-order valence-corrected chi connectivity index (χ4v) is 3.77. The van der Waals surface area contributed by atoms with Crippen molar-refractivity contribution >= 4 is 29.9 Å². The lowest BCUT2D eigenvalue weighted by atomic mass is 9.99. The van der Waals surface area contributed by atoms with Gasteiger partial charge in [-0.1, -0.05) is 30.3 Å². The van der Waals surface area contributed by atoms with Crippen LogP contribution in [0.25, 0.3) is 0 Å². The molecule has 0 amide bonds. The molecule has 1 atom stereocenters. The van der Waals surface area contributed by atoms with Gasteiger partial charge in [-0.2, -0.15) is 0 Å². The Kier molecular flexibility index (Phi) is 9.55. The van der Waals surface area contributed by atoms with E-state index in [0.29, 0.717) is 29.7 Å². The molecule has 1 heterocycles. The summed E-state index contributed by atoms with van der Waals surface area (Å²) in [5.74, 6) is 3.38. The van der Waals surface area contributed by atoms with E-state index in [-0.39, 0.29) is 24.0 Å². The Labute approximate surface area is 196 Å². The zero-order valence-corrected chi connectivity index (χ0v) is 20.5. The molecule has 3 rings (SSSR count). The van der Waals surface area contributed by atoms with Crippen LogP contribution >= 0.6 is 24.0 Å². The third-order valence-corrected chi connectivity index (χ3v) is 5.23. The summed E-state index contributed by atoms with van der Waals surface area (Å²) < 4.78 is 16.3. The molecule has 1 fully saturated rings. The fourth-order valence-electron chi connectivity index (χ4n) is 3.77. The van der Waals surface area contributed by atoms with Crippen LogP contribution < -0.4 is 19.5 Å². The van der Waals surface area contributed by atoms with Crippen LogP contribution in [-0.4, -0.2) is 51.8 Å². The van der Waals surface area contributed by atoms with Gasteiger partial charge in [-0.3, -0.25) is 0 Å². The summed E-state index contributed by atoms with van der Waals surface area (Å²) in [5, 5.41) is 3.44. The molecule has 1 aliphatic rings. The summed E-state index contributed by atoms with van der Waals surface area (Å²) in [6.07, 6.45) is 1.14. The van der Waals surface area contributed by atoms with E-state index in [9.17, 15) is 0 Å². The molecule has 1 unspecified atom stereocenters. The Morgan fingerprint density at radius 3 is 2.30 bits per heavy atom. The average molecular weight is 525 g/mol. The number of hydrogen-bond acceptors (Lipinski definition) is 4. The van der Waals surface area contributed by atoms with E-state index in [2.05, 4.69) is 47.5 Å². The molecule has 2 aromatic rings.